The third-order valence-electron chi connectivity index (χ3n) is 4.59. The lowest BCUT2D eigenvalue weighted by Gasteiger charge is -2.12. The average Bonchev–Trinajstić information content (AvgIpc) is 2.78. The summed E-state index contributed by atoms with van der Waals surface area (Å²) in [5.74, 6) is 1.55. The number of nitrogens with zero attached hydrogens (tertiary/aromatic N) is 3. The summed E-state index contributed by atoms with van der Waals surface area (Å²) in [5, 5.41) is 14.5. The van der Waals surface area contributed by atoms with Gasteiger partial charge in [-0.1, -0.05) is 24.3 Å². The quantitative estimate of drug-likeness (QED) is 0.516. The molecule has 0 unspecified atom stereocenters. The molecule has 0 aliphatic rings. The van der Waals surface area contributed by atoms with Gasteiger partial charge >= 0.3 is 0 Å². The lowest BCUT2D eigenvalue weighted by molar-refractivity contribution is 0.355. The molecule has 7 heteroatoms. The zero-order valence-electron chi connectivity index (χ0n) is 16.4. The molecule has 3 aromatic carbocycles. The van der Waals surface area contributed by atoms with Crippen molar-refractivity contribution in [3.63, 3.8) is 0 Å². The third kappa shape index (κ3) is 3.60. The molecule has 1 heterocycles. The maximum absolute atomic E-state index is 13.2. The van der Waals surface area contributed by atoms with Crippen LogP contribution < -0.4 is 15.0 Å². The molecule has 0 spiro atoms. The maximum Gasteiger partial charge on any atom is 0.282 e. The Morgan fingerprint density at radius 1 is 0.967 bits per heavy atom. The Morgan fingerprint density at radius 3 is 2.53 bits per heavy atom. The van der Waals surface area contributed by atoms with Crippen molar-refractivity contribution in [3.8, 4) is 28.6 Å². The number of phenols is 1. The number of para-hydroxylation sites is 1. The second-order valence-corrected chi connectivity index (χ2v) is 6.48. The number of aromatic nitrogens is 2. The van der Waals surface area contributed by atoms with Gasteiger partial charge in [0.15, 0.2) is 17.3 Å². The van der Waals surface area contributed by atoms with Crippen LogP contribution in [0.4, 0.5) is 0 Å². The van der Waals surface area contributed by atoms with E-state index in [-0.39, 0.29) is 11.3 Å². The highest BCUT2D eigenvalue weighted by molar-refractivity contribution is 5.82. The fourth-order valence-corrected chi connectivity index (χ4v) is 3.12. The summed E-state index contributed by atoms with van der Waals surface area (Å²) in [4.78, 5) is 17.9. The van der Waals surface area contributed by atoms with Gasteiger partial charge in [-0.3, -0.25) is 4.79 Å². The molecule has 1 N–H and O–H groups in total. The molecule has 4 aromatic rings. The Hall–Kier alpha value is -4.13. The van der Waals surface area contributed by atoms with Crippen molar-refractivity contribution in [2.75, 3.05) is 14.2 Å². The number of hydrogen-bond acceptors (Lipinski definition) is 6. The van der Waals surface area contributed by atoms with E-state index in [1.54, 1.807) is 74.9 Å². The van der Waals surface area contributed by atoms with Crippen LogP contribution >= 0.6 is 0 Å². The van der Waals surface area contributed by atoms with Gasteiger partial charge in [0.05, 0.1) is 31.3 Å². The van der Waals surface area contributed by atoms with Crippen LogP contribution in [0.3, 0.4) is 0 Å². The third-order valence-corrected chi connectivity index (χ3v) is 4.59. The maximum atomic E-state index is 13.2. The fraction of sp³-hybridized carbons (Fsp3) is 0.0870. The molecule has 30 heavy (non-hydrogen) atoms. The Labute approximate surface area is 172 Å². The number of phenolic OH excluding ortho intramolecular Hbond substituents is 1. The highest BCUT2D eigenvalue weighted by Crippen LogP contribution is 2.31. The first-order chi connectivity index (χ1) is 14.6. The zero-order chi connectivity index (χ0) is 21.1. The van der Waals surface area contributed by atoms with E-state index in [4.69, 9.17) is 9.47 Å². The van der Waals surface area contributed by atoms with Crippen LogP contribution in [0.2, 0.25) is 0 Å². The van der Waals surface area contributed by atoms with Gasteiger partial charge in [-0.2, -0.15) is 9.78 Å². The van der Waals surface area contributed by atoms with Crippen LogP contribution in [0.1, 0.15) is 5.56 Å². The largest absolute Gasteiger partial charge is 0.508 e. The molecule has 0 aliphatic carbocycles. The van der Waals surface area contributed by atoms with Crippen LogP contribution in [0, 0.1) is 0 Å². The molecule has 7 nitrogen and oxygen atoms in total. The Kier molecular flexibility index (Phi) is 5.17. The van der Waals surface area contributed by atoms with Gasteiger partial charge < -0.3 is 14.6 Å². The van der Waals surface area contributed by atoms with Crippen molar-refractivity contribution in [3.05, 3.63) is 82.6 Å². The first-order valence-electron chi connectivity index (χ1n) is 9.18. The van der Waals surface area contributed by atoms with Crippen LogP contribution in [-0.2, 0) is 0 Å². The molecule has 0 saturated carbocycles. The molecule has 0 aliphatic heterocycles. The molecule has 0 atom stereocenters. The molecule has 4 rings (SSSR count). The first-order valence-corrected chi connectivity index (χ1v) is 9.18. The molecular weight excluding hydrogens is 382 g/mol. The van der Waals surface area contributed by atoms with E-state index in [0.717, 1.165) is 0 Å². The van der Waals surface area contributed by atoms with Gasteiger partial charge in [0.2, 0.25) is 0 Å². The number of aromatic hydroxyl groups is 1. The summed E-state index contributed by atoms with van der Waals surface area (Å²) in [6.07, 6.45) is 1.50. The van der Waals surface area contributed by atoms with Crippen molar-refractivity contribution >= 4 is 17.1 Å². The second kappa shape index (κ2) is 8.08. The number of rotatable bonds is 5. The second-order valence-electron chi connectivity index (χ2n) is 6.48. The van der Waals surface area contributed by atoms with Gasteiger partial charge in [0.25, 0.3) is 5.56 Å². The van der Waals surface area contributed by atoms with Gasteiger partial charge in [0, 0.05) is 5.56 Å². The first kappa shape index (κ1) is 19.2. The minimum absolute atomic E-state index is 0.114. The predicted molar refractivity (Wildman–Crippen MR) is 116 cm³/mol. The molecule has 0 radical (unpaired) electrons. The number of methoxy groups -OCH3 is 2. The van der Waals surface area contributed by atoms with E-state index in [0.29, 0.717) is 39.4 Å². The number of hydrogen-bond donors (Lipinski definition) is 1. The average molecular weight is 401 g/mol. The Balaban J connectivity index is 1.94. The lowest BCUT2D eigenvalue weighted by atomic mass is 10.1. The minimum Gasteiger partial charge on any atom is -0.508 e. The van der Waals surface area contributed by atoms with Crippen LogP contribution in [0.5, 0.6) is 17.2 Å². The summed E-state index contributed by atoms with van der Waals surface area (Å²) in [6.45, 7) is 0. The normalized spacial score (nSPS) is 11.1. The molecule has 0 saturated heterocycles. The van der Waals surface area contributed by atoms with Gasteiger partial charge in [-0.15, -0.1) is 0 Å². The van der Waals surface area contributed by atoms with E-state index in [1.165, 1.54) is 10.9 Å². The SMILES string of the molecule is COc1ccc(-c2nc3ccccc3c(=O)n2N=Cc2cccc(O)c2)cc1OC. The zero-order valence-corrected chi connectivity index (χ0v) is 16.4. The van der Waals surface area contributed by atoms with Crippen molar-refractivity contribution in [2.45, 2.75) is 0 Å². The van der Waals surface area contributed by atoms with E-state index in [1.807, 2.05) is 6.07 Å². The highest BCUT2D eigenvalue weighted by Gasteiger charge is 2.14. The Morgan fingerprint density at radius 2 is 1.77 bits per heavy atom. The smallest absolute Gasteiger partial charge is 0.282 e. The summed E-state index contributed by atoms with van der Waals surface area (Å²) in [6, 6.07) is 19.0. The van der Waals surface area contributed by atoms with Crippen molar-refractivity contribution in [2.24, 2.45) is 5.10 Å². The van der Waals surface area contributed by atoms with E-state index >= 15 is 0 Å². The monoisotopic (exact) mass is 401 g/mol. The van der Waals surface area contributed by atoms with Crippen molar-refractivity contribution in [1.29, 1.82) is 0 Å². The van der Waals surface area contributed by atoms with Gasteiger partial charge in [-0.25, -0.2) is 4.98 Å². The standard InChI is InChI=1S/C23H19N3O4/c1-29-20-11-10-16(13-21(20)30-2)22-25-19-9-4-3-8-18(19)23(28)26(22)24-14-15-6-5-7-17(27)12-15/h3-14,27H,1-2H3. The molecule has 0 amide bonds. The van der Waals surface area contributed by atoms with E-state index in [9.17, 15) is 9.90 Å². The topological polar surface area (TPSA) is 85.9 Å². The van der Waals surface area contributed by atoms with Crippen molar-refractivity contribution < 1.29 is 14.6 Å². The van der Waals surface area contributed by atoms with Gasteiger partial charge in [0.1, 0.15) is 5.75 Å². The predicted octanol–water partition coefficient (Wildman–Crippen LogP) is 3.67. The summed E-state index contributed by atoms with van der Waals surface area (Å²) < 4.78 is 11.9. The molecular formula is C23H19N3O4. The molecule has 1 aromatic heterocycles. The number of fused-ring (bicyclic) bond motifs is 1. The fourth-order valence-electron chi connectivity index (χ4n) is 3.12. The Bertz CT molecular complexity index is 1310. The summed E-state index contributed by atoms with van der Waals surface area (Å²) in [5.41, 5.74) is 1.55. The molecule has 0 bridgehead atoms. The highest BCUT2D eigenvalue weighted by atomic mass is 16.5. The van der Waals surface area contributed by atoms with Crippen LogP contribution in [-0.4, -0.2) is 35.2 Å². The minimum atomic E-state index is -0.304. The molecule has 150 valence electrons. The van der Waals surface area contributed by atoms with Gasteiger partial charge in [-0.05, 0) is 48.0 Å². The van der Waals surface area contributed by atoms with Crippen LogP contribution in [0.25, 0.3) is 22.3 Å². The summed E-state index contributed by atoms with van der Waals surface area (Å²) >= 11 is 0. The molecule has 0 fully saturated rings. The number of benzene rings is 3. The lowest BCUT2D eigenvalue weighted by Crippen LogP contribution is -2.20. The van der Waals surface area contributed by atoms with E-state index < -0.39 is 0 Å². The van der Waals surface area contributed by atoms with Crippen molar-refractivity contribution in [1.82, 2.24) is 9.66 Å². The van der Waals surface area contributed by atoms with E-state index in [2.05, 4.69) is 10.1 Å². The number of ether oxygens (including phenoxy) is 2. The summed E-state index contributed by atoms with van der Waals surface area (Å²) in [7, 11) is 3.10. The van der Waals surface area contributed by atoms with Crippen LogP contribution in [0.15, 0.2) is 76.6 Å².